The second kappa shape index (κ2) is 5.99. The van der Waals surface area contributed by atoms with Crippen LogP contribution in [0.1, 0.15) is 36.6 Å². The van der Waals surface area contributed by atoms with Crippen molar-refractivity contribution in [2.75, 3.05) is 5.32 Å². The van der Waals surface area contributed by atoms with Crippen molar-refractivity contribution >= 4 is 11.6 Å². The van der Waals surface area contributed by atoms with E-state index in [-0.39, 0.29) is 24.1 Å². The lowest BCUT2D eigenvalue weighted by atomic mass is 9.99. The minimum Gasteiger partial charge on any atom is -0.508 e. The van der Waals surface area contributed by atoms with Crippen LogP contribution >= 0.6 is 0 Å². The maximum Gasteiger partial charge on any atom is 0.246 e. The molecule has 5 nitrogen and oxygen atoms in total. The molecule has 0 bridgehead atoms. The summed E-state index contributed by atoms with van der Waals surface area (Å²) in [5.74, 6) is 0.319. The molecule has 0 aliphatic rings. The number of carbonyl (C=O) groups excluding carboxylic acids is 1. The lowest BCUT2D eigenvalue weighted by Crippen LogP contribution is -2.19. The van der Waals surface area contributed by atoms with Crippen LogP contribution in [0.15, 0.2) is 24.4 Å². The summed E-state index contributed by atoms with van der Waals surface area (Å²) in [7, 11) is 0. The molecule has 1 aromatic carbocycles. The standard InChI is InChI=1S/C16H21N3O2/c1-10(2)13-8-14(11(3)7-15(13)20)17-16(21)9-19-6-5-12(4)18-19/h5-8,10,20H,9H2,1-4H3,(H,17,21). The Kier molecular flexibility index (Phi) is 4.31. The predicted molar refractivity (Wildman–Crippen MR) is 82.5 cm³/mol. The smallest absolute Gasteiger partial charge is 0.246 e. The molecule has 1 amide bonds. The van der Waals surface area contributed by atoms with Crippen molar-refractivity contribution in [2.45, 2.75) is 40.2 Å². The molecule has 2 rings (SSSR count). The van der Waals surface area contributed by atoms with E-state index in [0.717, 1.165) is 22.5 Å². The van der Waals surface area contributed by atoms with E-state index < -0.39 is 0 Å². The number of aromatic hydroxyl groups is 1. The Hall–Kier alpha value is -2.30. The first kappa shape index (κ1) is 15.1. The molecule has 0 unspecified atom stereocenters. The van der Waals surface area contributed by atoms with Crippen LogP contribution in [0.5, 0.6) is 5.75 Å². The molecule has 0 radical (unpaired) electrons. The summed E-state index contributed by atoms with van der Waals surface area (Å²) >= 11 is 0. The van der Waals surface area contributed by atoms with Crippen molar-refractivity contribution < 1.29 is 9.90 Å². The Balaban J connectivity index is 2.15. The molecular weight excluding hydrogens is 266 g/mol. The Labute approximate surface area is 124 Å². The molecule has 112 valence electrons. The van der Waals surface area contributed by atoms with Gasteiger partial charge < -0.3 is 10.4 Å². The fourth-order valence-corrected chi connectivity index (χ4v) is 2.19. The number of hydrogen-bond donors (Lipinski definition) is 2. The number of nitrogens with one attached hydrogen (secondary N) is 1. The number of nitrogens with zero attached hydrogens (tertiary/aromatic N) is 2. The number of carbonyl (C=O) groups is 1. The summed E-state index contributed by atoms with van der Waals surface area (Å²) in [4.78, 5) is 12.1. The third-order valence-corrected chi connectivity index (χ3v) is 3.35. The fraction of sp³-hybridized carbons (Fsp3) is 0.375. The first-order valence-electron chi connectivity index (χ1n) is 7.00. The van der Waals surface area contributed by atoms with E-state index in [1.165, 1.54) is 0 Å². The van der Waals surface area contributed by atoms with Gasteiger partial charge >= 0.3 is 0 Å². The van der Waals surface area contributed by atoms with Gasteiger partial charge in [0.15, 0.2) is 0 Å². The molecule has 0 saturated carbocycles. The largest absolute Gasteiger partial charge is 0.508 e. The second-order valence-electron chi connectivity index (χ2n) is 5.58. The highest BCUT2D eigenvalue weighted by molar-refractivity contribution is 5.91. The summed E-state index contributed by atoms with van der Waals surface area (Å²) in [6.45, 7) is 7.92. The molecule has 5 heteroatoms. The second-order valence-corrected chi connectivity index (χ2v) is 5.58. The minimum absolute atomic E-state index is 0.137. The van der Waals surface area contributed by atoms with Crippen LogP contribution in [0, 0.1) is 13.8 Å². The fourth-order valence-electron chi connectivity index (χ4n) is 2.19. The lowest BCUT2D eigenvalue weighted by Gasteiger charge is -2.14. The van der Waals surface area contributed by atoms with Crippen LogP contribution < -0.4 is 5.32 Å². The van der Waals surface area contributed by atoms with Gasteiger partial charge in [-0.2, -0.15) is 5.10 Å². The molecular formula is C16H21N3O2. The Morgan fingerprint density at radius 1 is 1.38 bits per heavy atom. The molecule has 0 saturated heterocycles. The van der Waals surface area contributed by atoms with E-state index >= 15 is 0 Å². The predicted octanol–water partition coefficient (Wildman–Crippen LogP) is 2.97. The molecule has 0 aliphatic heterocycles. The zero-order valence-corrected chi connectivity index (χ0v) is 12.8. The average Bonchev–Trinajstić information content (AvgIpc) is 2.77. The summed E-state index contributed by atoms with van der Waals surface area (Å²) in [6.07, 6.45) is 1.78. The molecule has 1 aromatic heterocycles. The summed E-state index contributed by atoms with van der Waals surface area (Å²) in [6, 6.07) is 5.38. The first-order valence-corrected chi connectivity index (χ1v) is 7.00. The van der Waals surface area contributed by atoms with Crippen molar-refractivity contribution in [1.29, 1.82) is 0 Å². The van der Waals surface area contributed by atoms with Gasteiger partial charge in [0.1, 0.15) is 12.3 Å². The van der Waals surface area contributed by atoms with Gasteiger partial charge in [-0.05, 0) is 49.1 Å². The number of rotatable bonds is 4. The number of phenolic OH excluding ortho intramolecular Hbond substituents is 1. The highest BCUT2D eigenvalue weighted by atomic mass is 16.3. The molecule has 0 fully saturated rings. The quantitative estimate of drug-likeness (QED) is 0.850. The van der Waals surface area contributed by atoms with Gasteiger partial charge in [0.25, 0.3) is 0 Å². The third-order valence-electron chi connectivity index (χ3n) is 3.35. The average molecular weight is 287 g/mol. The van der Waals surface area contributed by atoms with Crippen molar-refractivity contribution in [1.82, 2.24) is 9.78 Å². The highest BCUT2D eigenvalue weighted by Crippen LogP contribution is 2.31. The van der Waals surface area contributed by atoms with Crippen LogP contribution in [0.3, 0.4) is 0 Å². The number of aromatic nitrogens is 2. The normalized spacial score (nSPS) is 10.9. The van der Waals surface area contributed by atoms with E-state index in [2.05, 4.69) is 10.4 Å². The van der Waals surface area contributed by atoms with Crippen LogP contribution in [0.25, 0.3) is 0 Å². The van der Waals surface area contributed by atoms with Gasteiger partial charge in [-0.15, -0.1) is 0 Å². The van der Waals surface area contributed by atoms with Gasteiger partial charge in [-0.25, -0.2) is 0 Å². The zero-order chi connectivity index (χ0) is 15.6. The first-order chi connectivity index (χ1) is 9.86. The van der Waals surface area contributed by atoms with Gasteiger partial charge in [0, 0.05) is 11.9 Å². The van der Waals surface area contributed by atoms with Crippen molar-refractivity contribution in [3.63, 3.8) is 0 Å². The van der Waals surface area contributed by atoms with Crippen molar-refractivity contribution in [3.8, 4) is 5.75 Å². The SMILES string of the molecule is Cc1ccn(CC(=O)Nc2cc(C(C)C)c(O)cc2C)n1. The van der Waals surface area contributed by atoms with Gasteiger partial charge in [0.05, 0.1) is 5.69 Å². The molecule has 2 aromatic rings. The van der Waals surface area contributed by atoms with E-state index in [1.807, 2.05) is 39.8 Å². The molecule has 21 heavy (non-hydrogen) atoms. The number of hydrogen-bond acceptors (Lipinski definition) is 3. The summed E-state index contributed by atoms with van der Waals surface area (Å²) < 4.78 is 1.60. The number of aryl methyl sites for hydroxylation is 2. The van der Waals surface area contributed by atoms with E-state index in [4.69, 9.17) is 0 Å². The molecule has 2 N–H and O–H groups in total. The monoisotopic (exact) mass is 287 g/mol. The van der Waals surface area contributed by atoms with Crippen LogP contribution in [0.2, 0.25) is 0 Å². The maximum absolute atomic E-state index is 12.1. The molecule has 1 heterocycles. The topological polar surface area (TPSA) is 67.2 Å². The maximum atomic E-state index is 12.1. The highest BCUT2D eigenvalue weighted by Gasteiger charge is 2.12. The third kappa shape index (κ3) is 3.62. The van der Waals surface area contributed by atoms with Gasteiger partial charge in [-0.3, -0.25) is 9.48 Å². The Morgan fingerprint density at radius 3 is 2.67 bits per heavy atom. The van der Waals surface area contributed by atoms with E-state index in [9.17, 15) is 9.90 Å². The number of benzene rings is 1. The molecule has 0 atom stereocenters. The van der Waals surface area contributed by atoms with E-state index in [0.29, 0.717) is 0 Å². The minimum atomic E-state index is -0.137. The number of phenols is 1. The summed E-state index contributed by atoms with van der Waals surface area (Å²) in [5.41, 5.74) is 3.27. The summed E-state index contributed by atoms with van der Waals surface area (Å²) in [5, 5.41) is 17.0. The molecule has 0 aliphatic carbocycles. The lowest BCUT2D eigenvalue weighted by molar-refractivity contribution is -0.116. The van der Waals surface area contributed by atoms with Crippen molar-refractivity contribution in [2.24, 2.45) is 0 Å². The van der Waals surface area contributed by atoms with Crippen molar-refractivity contribution in [3.05, 3.63) is 41.2 Å². The van der Waals surface area contributed by atoms with Crippen LogP contribution in [-0.2, 0) is 11.3 Å². The van der Waals surface area contributed by atoms with Gasteiger partial charge in [0.2, 0.25) is 5.91 Å². The number of amides is 1. The zero-order valence-electron chi connectivity index (χ0n) is 12.8. The van der Waals surface area contributed by atoms with Gasteiger partial charge in [-0.1, -0.05) is 13.8 Å². The Bertz CT molecular complexity index is 660. The Morgan fingerprint density at radius 2 is 2.10 bits per heavy atom. The van der Waals surface area contributed by atoms with Crippen LogP contribution in [0.4, 0.5) is 5.69 Å². The molecule has 0 spiro atoms. The van der Waals surface area contributed by atoms with E-state index in [1.54, 1.807) is 16.9 Å². The number of anilines is 1. The van der Waals surface area contributed by atoms with Crippen LogP contribution in [-0.4, -0.2) is 20.8 Å².